The molecule has 1 aromatic heterocycles. The minimum atomic E-state index is 0.522. The summed E-state index contributed by atoms with van der Waals surface area (Å²) in [6, 6.07) is 2.79. The first kappa shape index (κ1) is 13.6. The third-order valence-electron chi connectivity index (χ3n) is 4.42. The van der Waals surface area contributed by atoms with Gasteiger partial charge in [0.05, 0.1) is 11.7 Å². The highest BCUT2D eigenvalue weighted by Gasteiger charge is 2.30. The van der Waals surface area contributed by atoms with Gasteiger partial charge in [0.15, 0.2) is 0 Å². The standard InChI is InChI=1S/C15H27N3/c1-4-13-9-14(5-2)18(17-13)15-8-11(3)6-7-12(15)10-16/h9,11-12,15H,4-8,10,16H2,1-3H3. The van der Waals surface area contributed by atoms with E-state index in [1.165, 1.54) is 30.7 Å². The molecular formula is C15H27N3. The summed E-state index contributed by atoms with van der Waals surface area (Å²) >= 11 is 0. The van der Waals surface area contributed by atoms with Crippen molar-refractivity contribution in [2.45, 2.75) is 58.9 Å². The van der Waals surface area contributed by atoms with E-state index in [0.717, 1.165) is 25.3 Å². The largest absolute Gasteiger partial charge is 0.330 e. The quantitative estimate of drug-likeness (QED) is 0.891. The highest BCUT2D eigenvalue weighted by molar-refractivity contribution is 5.12. The van der Waals surface area contributed by atoms with E-state index in [-0.39, 0.29) is 0 Å². The fourth-order valence-electron chi connectivity index (χ4n) is 3.20. The van der Waals surface area contributed by atoms with Crippen LogP contribution in [-0.2, 0) is 12.8 Å². The number of aromatic nitrogens is 2. The Kier molecular flexibility index (Phi) is 4.44. The molecule has 1 fully saturated rings. The average Bonchev–Trinajstić information content (AvgIpc) is 2.81. The molecule has 3 nitrogen and oxygen atoms in total. The lowest BCUT2D eigenvalue weighted by Gasteiger charge is -2.35. The topological polar surface area (TPSA) is 43.8 Å². The highest BCUT2D eigenvalue weighted by atomic mass is 15.3. The summed E-state index contributed by atoms with van der Waals surface area (Å²) in [4.78, 5) is 0. The van der Waals surface area contributed by atoms with Crippen LogP contribution >= 0.6 is 0 Å². The Morgan fingerprint density at radius 2 is 2.11 bits per heavy atom. The lowest BCUT2D eigenvalue weighted by molar-refractivity contribution is 0.181. The van der Waals surface area contributed by atoms with Gasteiger partial charge in [0, 0.05) is 5.69 Å². The van der Waals surface area contributed by atoms with E-state index in [1.807, 2.05) is 0 Å². The van der Waals surface area contributed by atoms with E-state index in [1.54, 1.807) is 0 Å². The molecule has 0 saturated heterocycles. The van der Waals surface area contributed by atoms with Gasteiger partial charge in [0.2, 0.25) is 0 Å². The van der Waals surface area contributed by atoms with Crippen LogP contribution in [0.2, 0.25) is 0 Å². The molecule has 0 bridgehead atoms. The van der Waals surface area contributed by atoms with E-state index in [0.29, 0.717) is 12.0 Å². The van der Waals surface area contributed by atoms with Gasteiger partial charge in [-0.15, -0.1) is 0 Å². The van der Waals surface area contributed by atoms with E-state index in [2.05, 4.69) is 31.5 Å². The molecule has 3 atom stereocenters. The summed E-state index contributed by atoms with van der Waals surface area (Å²) in [5.41, 5.74) is 8.57. The molecular weight excluding hydrogens is 222 g/mol. The predicted octanol–water partition coefficient (Wildman–Crippen LogP) is 2.94. The zero-order valence-corrected chi connectivity index (χ0v) is 12.0. The summed E-state index contributed by atoms with van der Waals surface area (Å²) in [5.74, 6) is 1.41. The van der Waals surface area contributed by atoms with Crippen molar-refractivity contribution >= 4 is 0 Å². The van der Waals surface area contributed by atoms with Crippen LogP contribution in [0.25, 0.3) is 0 Å². The molecule has 1 heterocycles. The molecule has 1 aromatic rings. The van der Waals surface area contributed by atoms with Crippen molar-refractivity contribution in [2.24, 2.45) is 17.6 Å². The molecule has 3 unspecified atom stereocenters. The van der Waals surface area contributed by atoms with Crippen LogP contribution in [0.15, 0.2) is 6.07 Å². The molecule has 1 aliphatic carbocycles. The van der Waals surface area contributed by atoms with Crippen LogP contribution in [0.5, 0.6) is 0 Å². The first-order valence-corrected chi connectivity index (χ1v) is 7.46. The molecule has 102 valence electrons. The molecule has 2 N–H and O–H groups in total. The first-order valence-electron chi connectivity index (χ1n) is 7.46. The monoisotopic (exact) mass is 249 g/mol. The predicted molar refractivity (Wildman–Crippen MR) is 75.6 cm³/mol. The van der Waals surface area contributed by atoms with Crippen LogP contribution in [0.3, 0.4) is 0 Å². The third-order valence-corrected chi connectivity index (χ3v) is 4.42. The van der Waals surface area contributed by atoms with Gasteiger partial charge in [-0.2, -0.15) is 5.10 Å². The fourth-order valence-corrected chi connectivity index (χ4v) is 3.20. The number of rotatable bonds is 4. The number of nitrogens with two attached hydrogens (primary N) is 1. The molecule has 0 spiro atoms. The Morgan fingerprint density at radius 1 is 1.33 bits per heavy atom. The SMILES string of the molecule is CCc1cc(CC)n(C2CC(C)CCC2CN)n1. The second-order valence-electron chi connectivity index (χ2n) is 5.76. The van der Waals surface area contributed by atoms with E-state index in [4.69, 9.17) is 10.8 Å². The molecule has 2 rings (SSSR count). The van der Waals surface area contributed by atoms with Gasteiger partial charge in [0.25, 0.3) is 0 Å². The van der Waals surface area contributed by atoms with Gasteiger partial charge in [0.1, 0.15) is 0 Å². The number of nitrogens with zero attached hydrogens (tertiary/aromatic N) is 2. The zero-order valence-electron chi connectivity index (χ0n) is 12.0. The Balaban J connectivity index is 2.29. The van der Waals surface area contributed by atoms with Crippen molar-refractivity contribution < 1.29 is 0 Å². The molecule has 0 amide bonds. The molecule has 0 radical (unpaired) electrons. The summed E-state index contributed by atoms with van der Waals surface area (Å²) in [6.07, 6.45) is 5.90. The molecule has 3 heteroatoms. The van der Waals surface area contributed by atoms with Gasteiger partial charge in [-0.3, -0.25) is 4.68 Å². The number of hydrogen-bond acceptors (Lipinski definition) is 2. The van der Waals surface area contributed by atoms with Crippen molar-refractivity contribution in [1.29, 1.82) is 0 Å². The van der Waals surface area contributed by atoms with Crippen molar-refractivity contribution in [3.63, 3.8) is 0 Å². The summed E-state index contributed by atoms with van der Waals surface area (Å²) in [5, 5.41) is 4.82. The van der Waals surface area contributed by atoms with Gasteiger partial charge in [-0.05, 0) is 50.1 Å². The fraction of sp³-hybridized carbons (Fsp3) is 0.800. The van der Waals surface area contributed by atoms with Crippen LogP contribution in [-0.4, -0.2) is 16.3 Å². The minimum Gasteiger partial charge on any atom is -0.330 e. The molecule has 18 heavy (non-hydrogen) atoms. The van der Waals surface area contributed by atoms with E-state index in [9.17, 15) is 0 Å². The van der Waals surface area contributed by atoms with E-state index < -0.39 is 0 Å². The number of aryl methyl sites for hydroxylation is 2. The maximum Gasteiger partial charge on any atom is 0.0624 e. The van der Waals surface area contributed by atoms with Gasteiger partial charge < -0.3 is 5.73 Å². The molecule has 0 aromatic carbocycles. The van der Waals surface area contributed by atoms with Gasteiger partial charge in [-0.25, -0.2) is 0 Å². The second-order valence-corrected chi connectivity index (χ2v) is 5.76. The Bertz CT molecular complexity index is 383. The lowest BCUT2D eigenvalue weighted by atomic mass is 9.79. The van der Waals surface area contributed by atoms with Crippen LogP contribution in [0.1, 0.15) is 57.5 Å². The second kappa shape index (κ2) is 5.87. The van der Waals surface area contributed by atoms with Crippen molar-refractivity contribution in [1.82, 2.24) is 9.78 Å². The van der Waals surface area contributed by atoms with Crippen molar-refractivity contribution in [3.05, 3.63) is 17.5 Å². The van der Waals surface area contributed by atoms with Gasteiger partial charge >= 0.3 is 0 Å². The highest BCUT2D eigenvalue weighted by Crippen LogP contribution is 2.37. The third kappa shape index (κ3) is 2.61. The average molecular weight is 249 g/mol. The van der Waals surface area contributed by atoms with Gasteiger partial charge in [-0.1, -0.05) is 27.2 Å². The van der Waals surface area contributed by atoms with Crippen molar-refractivity contribution in [2.75, 3.05) is 6.54 Å². The molecule has 1 aliphatic rings. The smallest absolute Gasteiger partial charge is 0.0624 e. The number of hydrogen-bond donors (Lipinski definition) is 1. The Hall–Kier alpha value is -0.830. The normalized spacial score (nSPS) is 28.6. The Labute approximate surface area is 111 Å². The van der Waals surface area contributed by atoms with Crippen LogP contribution in [0.4, 0.5) is 0 Å². The Morgan fingerprint density at radius 3 is 2.72 bits per heavy atom. The summed E-state index contributed by atoms with van der Waals surface area (Å²) < 4.78 is 2.30. The van der Waals surface area contributed by atoms with Crippen LogP contribution < -0.4 is 5.73 Å². The van der Waals surface area contributed by atoms with Crippen molar-refractivity contribution in [3.8, 4) is 0 Å². The summed E-state index contributed by atoms with van der Waals surface area (Å²) in [6.45, 7) is 7.55. The first-order chi connectivity index (χ1) is 8.69. The molecule has 0 aliphatic heterocycles. The minimum absolute atomic E-state index is 0.522. The maximum atomic E-state index is 5.97. The summed E-state index contributed by atoms with van der Waals surface area (Å²) in [7, 11) is 0. The lowest BCUT2D eigenvalue weighted by Crippen LogP contribution is -2.33. The molecule has 1 saturated carbocycles. The maximum absolute atomic E-state index is 5.97. The van der Waals surface area contributed by atoms with E-state index >= 15 is 0 Å². The van der Waals surface area contributed by atoms with Crippen LogP contribution in [0, 0.1) is 11.8 Å². The zero-order chi connectivity index (χ0) is 13.1.